The highest BCUT2D eigenvalue weighted by molar-refractivity contribution is 7.86. The molecule has 8 nitrogen and oxygen atoms in total. The minimum absolute atomic E-state index is 0.0622. The Morgan fingerprint density at radius 2 is 1.45 bits per heavy atom. The Kier molecular flexibility index (Phi) is 3.13. The summed E-state index contributed by atoms with van der Waals surface area (Å²) >= 11 is 0. The van der Waals surface area contributed by atoms with Gasteiger partial charge in [-0.2, -0.15) is 0 Å². The highest BCUT2D eigenvalue weighted by Gasteiger charge is 2.15. The van der Waals surface area contributed by atoms with E-state index in [0.29, 0.717) is 6.07 Å². The van der Waals surface area contributed by atoms with Crippen LogP contribution < -0.4 is 11.5 Å². The lowest BCUT2D eigenvalue weighted by Crippen LogP contribution is -2.06. The first-order valence-corrected chi connectivity index (χ1v) is 7.87. The van der Waals surface area contributed by atoms with E-state index in [4.69, 9.17) is 11.5 Å². The fraction of sp³-hybridized carbons (Fsp3) is 0. The van der Waals surface area contributed by atoms with Gasteiger partial charge in [-0.15, -0.1) is 0 Å². The normalized spacial score (nSPS) is 12.7. The molecule has 10 heteroatoms. The lowest BCUT2D eigenvalue weighted by molar-refractivity contribution is 0.462. The Labute approximate surface area is 114 Å². The molecule has 0 saturated carbocycles. The van der Waals surface area contributed by atoms with Crippen molar-refractivity contribution in [2.75, 3.05) is 11.5 Å². The molecule has 108 valence electrons. The maximum atomic E-state index is 11.2. The molecule has 2 aromatic rings. The highest BCUT2D eigenvalue weighted by atomic mass is 32.2. The van der Waals surface area contributed by atoms with E-state index in [0.717, 1.165) is 6.07 Å². The monoisotopic (exact) mass is 316 g/mol. The fourth-order valence-corrected chi connectivity index (χ4v) is 3.08. The standard InChI is InChI=1S/C10H10N2O6S2/c11-8-2-1-6-7(10(8)12)3-5(19(13,14)15)4-9(6)20(16,17)18/h1-4H,11-12H2,(H,13,14,15)(H,16,17,18)/p-2. The second-order valence-corrected chi connectivity index (χ2v) is 6.72. The van der Waals surface area contributed by atoms with Crippen molar-refractivity contribution in [2.45, 2.75) is 9.79 Å². The molecule has 0 aliphatic carbocycles. The second kappa shape index (κ2) is 4.31. The predicted molar refractivity (Wildman–Crippen MR) is 68.7 cm³/mol. The summed E-state index contributed by atoms with van der Waals surface area (Å²) in [5, 5.41) is -0.185. The molecule has 0 bridgehead atoms. The van der Waals surface area contributed by atoms with E-state index in [1.165, 1.54) is 12.1 Å². The summed E-state index contributed by atoms with van der Waals surface area (Å²) in [6.45, 7) is 0. The predicted octanol–water partition coefficient (Wildman–Crippen LogP) is -0.188. The van der Waals surface area contributed by atoms with E-state index in [9.17, 15) is 25.9 Å². The number of nitrogen functional groups attached to an aromatic ring is 2. The smallest absolute Gasteiger partial charge is 0.125 e. The van der Waals surface area contributed by atoms with Crippen molar-refractivity contribution in [3.63, 3.8) is 0 Å². The molecule has 4 N–H and O–H groups in total. The number of anilines is 2. The highest BCUT2D eigenvalue weighted by Crippen LogP contribution is 2.33. The number of hydrogen-bond acceptors (Lipinski definition) is 8. The number of benzene rings is 2. The van der Waals surface area contributed by atoms with Gasteiger partial charge in [0.2, 0.25) is 0 Å². The third kappa shape index (κ3) is 2.41. The van der Waals surface area contributed by atoms with Gasteiger partial charge in [-0.1, -0.05) is 6.07 Å². The summed E-state index contributed by atoms with van der Waals surface area (Å²) in [6, 6.07) is 3.89. The van der Waals surface area contributed by atoms with Crippen LogP contribution in [0.15, 0.2) is 34.1 Å². The Balaban J connectivity index is 3.09. The molecule has 0 radical (unpaired) electrons. The fourth-order valence-electron chi connectivity index (χ4n) is 1.77. The van der Waals surface area contributed by atoms with Crippen LogP contribution in [0.4, 0.5) is 11.4 Å². The lowest BCUT2D eigenvalue weighted by atomic mass is 10.1. The average molecular weight is 316 g/mol. The largest absolute Gasteiger partial charge is 0.744 e. The van der Waals surface area contributed by atoms with Crippen molar-refractivity contribution in [2.24, 2.45) is 0 Å². The van der Waals surface area contributed by atoms with E-state index < -0.39 is 30.0 Å². The summed E-state index contributed by atoms with van der Waals surface area (Å²) in [5.74, 6) is 0. The Morgan fingerprint density at radius 1 is 0.850 bits per heavy atom. The lowest BCUT2D eigenvalue weighted by Gasteiger charge is -2.16. The van der Waals surface area contributed by atoms with Crippen LogP contribution in [-0.4, -0.2) is 25.9 Å². The van der Waals surface area contributed by atoms with Gasteiger partial charge in [0.25, 0.3) is 0 Å². The number of nitrogens with two attached hydrogens (primary N) is 2. The molecular formula is C10H8N2O6S2-2. The van der Waals surface area contributed by atoms with Gasteiger partial charge in [0, 0.05) is 10.8 Å². The summed E-state index contributed by atoms with van der Waals surface area (Å²) < 4.78 is 66.7. The van der Waals surface area contributed by atoms with Crippen LogP contribution in [0.1, 0.15) is 0 Å². The number of hydrogen-bond donors (Lipinski definition) is 2. The van der Waals surface area contributed by atoms with E-state index in [-0.39, 0.29) is 22.1 Å². The van der Waals surface area contributed by atoms with Gasteiger partial charge in [-0.05, 0) is 18.2 Å². The Bertz CT molecular complexity index is 918. The van der Waals surface area contributed by atoms with Gasteiger partial charge in [-0.25, -0.2) is 16.8 Å². The van der Waals surface area contributed by atoms with E-state index >= 15 is 0 Å². The summed E-state index contributed by atoms with van der Waals surface area (Å²) in [6.07, 6.45) is 0. The van der Waals surface area contributed by atoms with Crippen molar-refractivity contribution in [1.82, 2.24) is 0 Å². The van der Waals surface area contributed by atoms with Gasteiger partial charge >= 0.3 is 0 Å². The molecule has 0 saturated heterocycles. The molecule has 0 amide bonds. The number of rotatable bonds is 2. The van der Waals surface area contributed by atoms with Crippen LogP contribution in [0.25, 0.3) is 10.8 Å². The molecule has 0 heterocycles. The summed E-state index contributed by atoms with van der Waals surface area (Å²) in [4.78, 5) is -1.70. The minimum Gasteiger partial charge on any atom is -0.744 e. The van der Waals surface area contributed by atoms with Crippen LogP contribution in [0.2, 0.25) is 0 Å². The first kappa shape index (κ1) is 14.5. The Morgan fingerprint density at radius 3 is 1.95 bits per heavy atom. The minimum atomic E-state index is -4.99. The van der Waals surface area contributed by atoms with Gasteiger partial charge < -0.3 is 20.6 Å². The molecule has 0 atom stereocenters. The zero-order valence-corrected chi connectivity index (χ0v) is 11.4. The first-order valence-electron chi connectivity index (χ1n) is 5.05. The summed E-state index contributed by atoms with van der Waals surface area (Å²) in [5.41, 5.74) is 11.1. The van der Waals surface area contributed by atoms with Gasteiger partial charge in [0.1, 0.15) is 20.2 Å². The summed E-state index contributed by atoms with van der Waals surface area (Å²) in [7, 11) is -9.95. The SMILES string of the molecule is Nc1ccc2c(S(=O)(=O)[O-])cc(S(=O)(=O)[O-])cc2c1N. The molecule has 0 spiro atoms. The number of fused-ring (bicyclic) bond motifs is 1. The van der Waals surface area contributed by atoms with Crippen LogP contribution in [0.5, 0.6) is 0 Å². The Hall–Kier alpha value is -1.88. The third-order valence-electron chi connectivity index (χ3n) is 2.70. The molecule has 0 aromatic heterocycles. The molecule has 0 aliphatic heterocycles. The maximum absolute atomic E-state index is 11.2. The molecule has 2 rings (SSSR count). The molecule has 0 unspecified atom stereocenters. The van der Waals surface area contributed by atoms with E-state index in [1.54, 1.807) is 0 Å². The molecular weight excluding hydrogens is 308 g/mol. The van der Waals surface area contributed by atoms with Crippen LogP contribution in [0.3, 0.4) is 0 Å². The van der Waals surface area contributed by atoms with Crippen molar-refractivity contribution in [3.05, 3.63) is 24.3 Å². The van der Waals surface area contributed by atoms with Gasteiger partial charge in [0.05, 0.1) is 21.2 Å². The quantitative estimate of drug-likeness (QED) is 0.568. The van der Waals surface area contributed by atoms with Crippen LogP contribution >= 0.6 is 0 Å². The molecule has 0 aliphatic rings. The zero-order valence-electron chi connectivity index (χ0n) is 9.73. The average Bonchev–Trinajstić information content (AvgIpc) is 2.30. The van der Waals surface area contributed by atoms with Gasteiger partial charge in [0.15, 0.2) is 0 Å². The first-order chi connectivity index (χ1) is 9.01. The molecule has 2 aromatic carbocycles. The van der Waals surface area contributed by atoms with Crippen LogP contribution in [-0.2, 0) is 20.2 Å². The molecule has 20 heavy (non-hydrogen) atoms. The van der Waals surface area contributed by atoms with Crippen molar-refractivity contribution < 1.29 is 25.9 Å². The topological polar surface area (TPSA) is 166 Å². The van der Waals surface area contributed by atoms with Crippen molar-refractivity contribution in [3.8, 4) is 0 Å². The third-order valence-corrected chi connectivity index (χ3v) is 4.39. The maximum Gasteiger partial charge on any atom is 0.125 e. The van der Waals surface area contributed by atoms with E-state index in [2.05, 4.69) is 0 Å². The van der Waals surface area contributed by atoms with Gasteiger partial charge in [-0.3, -0.25) is 0 Å². The second-order valence-electron chi connectivity index (χ2n) is 3.99. The van der Waals surface area contributed by atoms with Crippen molar-refractivity contribution >= 4 is 42.4 Å². The van der Waals surface area contributed by atoms with Crippen molar-refractivity contribution in [1.29, 1.82) is 0 Å². The van der Waals surface area contributed by atoms with Crippen LogP contribution in [0, 0.1) is 0 Å². The zero-order chi connectivity index (χ0) is 15.3. The van der Waals surface area contributed by atoms with E-state index in [1.807, 2.05) is 0 Å². The molecule has 0 fully saturated rings.